The molecular weight excluding hydrogens is 1130 g/mol. The average Bonchev–Trinajstić information content (AvgIpc) is 3.40. The number of methoxy groups -OCH3 is 1. The molecule has 0 spiro atoms. The molecular formula is C38H68O38P2. The Morgan fingerprint density at radius 1 is 0.333 bits per heavy atom. The summed E-state index contributed by atoms with van der Waals surface area (Å²) in [6.07, 6.45) is -60.3. The Hall–Kier alpha value is -0.980. The van der Waals surface area contributed by atoms with Gasteiger partial charge in [0.05, 0.1) is 39.6 Å². The Balaban J connectivity index is 1.16. The van der Waals surface area contributed by atoms with Gasteiger partial charge in [0, 0.05) is 7.11 Å². The van der Waals surface area contributed by atoms with Gasteiger partial charge < -0.3 is 168 Å². The summed E-state index contributed by atoms with van der Waals surface area (Å²) in [6, 6.07) is 0. The molecule has 6 aliphatic heterocycles. The summed E-state index contributed by atoms with van der Waals surface area (Å²) in [5.74, 6) is 0. The third-order valence-corrected chi connectivity index (χ3v) is 14.2. The lowest BCUT2D eigenvalue weighted by Gasteiger charge is -2.48. The van der Waals surface area contributed by atoms with Crippen LogP contribution in [0.4, 0.5) is 0 Å². The second-order valence-corrected chi connectivity index (χ2v) is 21.1. The number of phosphoric ester groups is 2. The lowest BCUT2D eigenvalue weighted by atomic mass is 9.96. The van der Waals surface area contributed by atoms with E-state index >= 15 is 0 Å². The van der Waals surface area contributed by atoms with E-state index in [0.717, 1.165) is 0 Å². The first-order chi connectivity index (χ1) is 36.5. The van der Waals surface area contributed by atoms with Crippen LogP contribution in [0.2, 0.25) is 0 Å². The number of rotatable bonds is 23. The van der Waals surface area contributed by atoms with E-state index in [4.69, 9.17) is 81.2 Å². The largest absolute Gasteiger partial charge is 0.469 e. The summed E-state index contributed by atoms with van der Waals surface area (Å²) >= 11 is 0. The van der Waals surface area contributed by atoms with Crippen LogP contribution in [0.25, 0.3) is 0 Å². The highest BCUT2D eigenvalue weighted by Crippen LogP contribution is 2.40. The van der Waals surface area contributed by atoms with Gasteiger partial charge >= 0.3 is 15.6 Å². The molecule has 6 fully saturated rings. The van der Waals surface area contributed by atoms with Gasteiger partial charge in [-0.25, -0.2) is 9.13 Å². The van der Waals surface area contributed by atoms with E-state index in [1.807, 2.05) is 0 Å². The van der Waals surface area contributed by atoms with Gasteiger partial charge in [-0.2, -0.15) is 0 Å². The van der Waals surface area contributed by atoms with Crippen LogP contribution in [0.1, 0.15) is 0 Å². The quantitative estimate of drug-likeness (QED) is 0.0334. The van der Waals surface area contributed by atoms with Crippen LogP contribution in [-0.4, -0.2) is 344 Å². The van der Waals surface area contributed by atoms with Crippen LogP contribution in [0.15, 0.2) is 0 Å². The summed E-state index contributed by atoms with van der Waals surface area (Å²) in [6.45, 7) is -6.59. The predicted molar refractivity (Wildman–Crippen MR) is 232 cm³/mol. The fourth-order valence-corrected chi connectivity index (χ4v) is 9.51. The van der Waals surface area contributed by atoms with E-state index in [2.05, 4.69) is 9.05 Å². The molecule has 0 aromatic heterocycles. The molecule has 0 aromatic carbocycles. The van der Waals surface area contributed by atoms with Crippen molar-refractivity contribution in [3.8, 4) is 0 Å². The van der Waals surface area contributed by atoms with Crippen molar-refractivity contribution in [3.63, 3.8) is 0 Å². The van der Waals surface area contributed by atoms with E-state index in [1.165, 1.54) is 7.11 Å². The summed E-state index contributed by atoms with van der Waals surface area (Å²) in [5.41, 5.74) is 0. The van der Waals surface area contributed by atoms with Gasteiger partial charge in [-0.15, -0.1) is 0 Å². The van der Waals surface area contributed by atoms with E-state index in [0.29, 0.717) is 0 Å². The van der Waals surface area contributed by atoms with Crippen LogP contribution in [0, 0.1) is 0 Å². The number of aliphatic hydroxyl groups is 17. The van der Waals surface area contributed by atoms with Gasteiger partial charge in [0.1, 0.15) is 153 Å². The van der Waals surface area contributed by atoms with Crippen molar-refractivity contribution in [2.24, 2.45) is 0 Å². The van der Waals surface area contributed by atoms with E-state index < -0.39 is 246 Å². The van der Waals surface area contributed by atoms with Gasteiger partial charge in [-0.3, -0.25) is 9.05 Å². The maximum atomic E-state index is 11.7. The first-order valence-electron chi connectivity index (χ1n) is 23.6. The molecule has 0 aromatic rings. The Labute approximate surface area is 439 Å². The minimum atomic E-state index is -5.20. The van der Waals surface area contributed by atoms with Crippen LogP contribution in [0.5, 0.6) is 0 Å². The Kier molecular flexibility index (Phi) is 24.0. The number of ether oxygens (including phenoxy) is 13. The van der Waals surface area contributed by atoms with Crippen LogP contribution in [0.3, 0.4) is 0 Å². The van der Waals surface area contributed by atoms with Crippen LogP contribution >= 0.6 is 15.6 Å². The fourth-order valence-electron chi connectivity index (χ4n) is 8.83. The Bertz CT molecular complexity index is 1930. The van der Waals surface area contributed by atoms with Gasteiger partial charge in [0.2, 0.25) is 0 Å². The molecule has 38 nitrogen and oxygen atoms in total. The lowest BCUT2D eigenvalue weighted by molar-refractivity contribution is -0.392. The standard InChI is InChI=1S/C38H68O38P2/c1-62-8-65-34-29(55)30(74-38-32(25(51)16(42)10(3-40)69-38)76-36-28(54)23(49)19(45)14(73-36)7-67-78(59,60)61)20(46)12(71-34)5-63-33-26(52)21(47)17(43)11(70-33)4-64-37-31(24(50)15(41)9(2-39)68-37)75-35-27(53)22(48)18(44)13(72-35)6-66-77(56,57)58/h9-55H,2-8H2,1H3,(H2,56,57,58)(H2,59,60,61)/t9?,10?,11?,12?,13?,14?,15-,16-,17-,18-,19-,20-,21+,22+,23+,24+,25+,26?,27?,28?,29?,30+,31?,32?,33+,34-,35-,36-,37+,38-/m1/s1. The third-order valence-electron chi connectivity index (χ3n) is 13.2. The predicted octanol–water partition coefficient (Wildman–Crippen LogP) is -13.2. The minimum absolute atomic E-state index is 0.602. The second-order valence-electron chi connectivity index (χ2n) is 18.6. The third kappa shape index (κ3) is 15.9. The number of hydrogen-bond donors (Lipinski definition) is 21. The van der Waals surface area contributed by atoms with E-state index in [9.17, 15) is 95.9 Å². The van der Waals surface area contributed by atoms with Crippen LogP contribution in [-0.2, 0) is 79.8 Å². The van der Waals surface area contributed by atoms with E-state index in [-0.39, 0.29) is 0 Å². The molecule has 0 amide bonds. The monoisotopic (exact) mass is 1190 g/mol. The Morgan fingerprint density at radius 2 is 0.654 bits per heavy atom. The highest BCUT2D eigenvalue weighted by Gasteiger charge is 2.56. The molecule has 6 aliphatic rings. The maximum Gasteiger partial charge on any atom is 0.469 e. The zero-order valence-corrected chi connectivity index (χ0v) is 42.3. The number of phosphoric acid groups is 2. The molecule has 12 unspecified atom stereocenters. The number of hydrogen-bond acceptors (Lipinski definition) is 34. The van der Waals surface area contributed by atoms with Gasteiger partial charge in [0.25, 0.3) is 0 Å². The van der Waals surface area contributed by atoms with Crippen molar-refractivity contribution in [2.75, 3.05) is 53.5 Å². The van der Waals surface area contributed by atoms with Crippen molar-refractivity contribution in [2.45, 2.75) is 184 Å². The van der Waals surface area contributed by atoms with Gasteiger partial charge in [-0.05, 0) is 0 Å². The zero-order valence-electron chi connectivity index (χ0n) is 40.5. The fraction of sp³-hybridized carbons (Fsp3) is 1.00. The molecule has 0 radical (unpaired) electrons. The first-order valence-corrected chi connectivity index (χ1v) is 26.6. The summed E-state index contributed by atoms with van der Waals surface area (Å²) in [4.78, 5) is 36.5. The molecule has 458 valence electrons. The summed E-state index contributed by atoms with van der Waals surface area (Å²) in [5, 5.41) is 183. The molecule has 6 rings (SSSR count). The van der Waals surface area contributed by atoms with Crippen molar-refractivity contribution >= 4 is 15.6 Å². The van der Waals surface area contributed by atoms with Crippen molar-refractivity contribution in [3.05, 3.63) is 0 Å². The normalized spacial score (nSPS) is 48.0. The summed E-state index contributed by atoms with van der Waals surface area (Å²) in [7, 11) is -9.21. The van der Waals surface area contributed by atoms with Crippen molar-refractivity contribution in [1.82, 2.24) is 0 Å². The van der Waals surface area contributed by atoms with Crippen LogP contribution < -0.4 is 0 Å². The topological polar surface area (TPSA) is 597 Å². The molecule has 6 heterocycles. The summed E-state index contributed by atoms with van der Waals surface area (Å²) < 4.78 is 103. The van der Waals surface area contributed by atoms with E-state index in [1.54, 1.807) is 0 Å². The lowest BCUT2D eigenvalue weighted by Crippen LogP contribution is -2.67. The first kappa shape index (κ1) is 66.2. The molecule has 40 heteroatoms. The van der Waals surface area contributed by atoms with Crippen molar-refractivity contribution < 1.29 is 186 Å². The zero-order chi connectivity index (χ0) is 57.9. The number of aliphatic hydroxyl groups excluding tert-OH is 17. The minimum Gasteiger partial charge on any atom is -0.394 e. The molecule has 0 saturated carbocycles. The Morgan fingerprint density at radius 3 is 1.08 bits per heavy atom. The van der Waals surface area contributed by atoms with Crippen molar-refractivity contribution in [1.29, 1.82) is 0 Å². The molecule has 6 saturated heterocycles. The average molecular weight is 1190 g/mol. The molecule has 0 bridgehead atoms. The molecule has 78 heavy (non-hydrogen) atoms. The van der Waals surface area contributed by atoms with Gasteiger partial charge in [0.15, 0.2) is 37.7 Å². The SMILES string of the molecule is COCO[C@@H]1OC(CO[C@H]2OC(CO[C@H]3OC(CO)[C@@H](O)[C@H](O)C3O[C@H]3OC(COP(=O)(O)O)[C@@H](O)[C@H](O)C3O)[C@@H](O)[C@H](O)C2O)[C@@H](O)[C@H](O[C@H]2OC(CO)[C@@H](O)[C@H](O)C2O[C@H]2OC(COP(=O)(O)O)[C@@H](O)[C@H](O)C2O)C1O. The highest BCUT2D eigenvalue weighted by atomic mass is 31.2. The molecule has 0 aliphatic carbocycles. The van der Waals surface area contributed by atoms with Gasteiger partial charge in [-0.1, -0.05) is 0 Å². The maximum absolute atomic E-state index is 11.7. The second kappa shape index (κ2) is 28.3. The molecule has 21 N–H and O–H groups in total. The molecule has 30 atom stereocenters. The highest BCUT2D eigenvalue weighted by molar-refractivity contribution is 7.46. The smallest absolute Gasteiger partial charge is 0.394 e.